The number of fused-ring (bicyclic) bond motifs is 3. The fraction of sp³-hybridized carbons (Fsp3) is 0.500. The highest BCUT2D eigenvalue weighted by Crippen LogP contribution is 2.34. The lowest BCUT2D eigenvalue weighted by Gasteiger charge is -2.37. The Balaban J connectivity index is 1.66. The summed E-state index contributed by atoms with van der Waals surface area (Å²) in [6.45, 7) is 0. The van der Waals surface area contributed by atoms with Gasteiger partial charge in [-0.1, -0.05) is 0 Å². The Bertz CT molecular complexity index is 712. The topological polar surface area (TPSA) is 50.2 Å². The number of piperidine rings is 1. The molecule has 0 radical (unpaired) electrons. The normalized spacial score (nSPS) is 28.9. The highest BCUT2D eigenvalue weighted by molar-refractivity contribution is 5.77. The van der Waals surface area contributed by atoms with Crippen molar-refractivity contribution in [3.05, 3.63) is 40.9 Å². The zero-order valence-corrected chi connectivity index (χ0v) is 12.2. The molecule has 2 aromatic heterocycles. The van der Waals surface area contributed by atoms with E-state index < -0.39 is 0 Å². The van der Waals surface area contributed by atoms with Crippen LogP contribution in [0.2, 0.25) is 0 Å². The second-order valence-electron chi connectivity index (χ2n) is 6.29. The summed E-state index contributed by atoms with van der Waals surface area (Å²) in [4.78, 5) is 18.9. The number of hydrogen-bond acceptors (Lipinski definition) is 4. The minimum absolute atomic E-state index is 0.0000231. The molecule has 0 amide bonds. The summed E-state index contributed by atoms with van der Waals surface area (Å²) in [5, 5.41) is 0.987. The van der Waals surface area contributed by atoms with Gasteiger partial charge in [-0.2, -0.15) is 0 Å². The van der Waals surface area contributed by atoms with Crippen LogP contribution >= 0.6 is 0 Å². The van der Waals surface area contributed by atoms with Crippen molar-refractivity contribution in [3.63, 3.8) is 0 Å². The molecule has 0 aliphatic carbocycles. The molecule has 2 aliphatic rings. The van der Waals surface area contributed by atoms with Crippen LogP contribution in [0.15, 0.2) is 35.4 Å². The first-order valence-corrected chi connectivity index (χ1v) is 7.66. The summed E-state index contributed by atoms with van der Waals surface area (Å²) in [7, 11) is 2.23. The Kier molecular flexibility index (Phi) is 2.96. The van der Waals surface area contributed by atoms with Crippen LogP contribution in [0, 0.1) is 0 Å². The van der Waals surface area contributed by atoms with E-state index in [1.54, 1.807) is 23.1 Å². The molecule has 5 heteroatoms. The molecule has 1 N–H and O–H groups in total. The van der Waals surface area contributed by atoms with Gasteiger partial charge in [0, 0.05) is 42.0 Å². The molecule has 5 nitrogen and oxygen atoms in total. The van der Waals surface area contributed by atoms with Gasteiger partial charge in [-0.05, 0) is 44.9 Å². The molecule has 4 heterocycles. The van der Waals surface area contributed by atoms with Crippen molar-refractivity contribution < 1.29 is 0 Å². The number of rotatable bonds is 2. The Labute approximate surface area is 123 Å². The summed E-state index contributed by atoms with van der Waals surface area (Å²) in [5.41, 5.74) is 4.37. The smallest absolute Gasteiger partial charge is 0.269 e. The SMILES string of the molecule is CN1C2CCC1CC(Nn1c(=O)ccc3cnccc31)C2. The summed E-state index contributed by atoms with van der Waals surface area (Å²) in [6, 6.07) is 7.03. The molecule has 0 spiro atoms. The summed E-state index contributed by atoms with van der Waals surface area (Å²) >= 11 is 0. The van der Waals surface area contributed by atoms with Gasteiger partial charge < -0.3 is 10.3 Å². The zero-order valence-electron chi connectivity index (χ0n) is 12.2. The summed E-state index contributed by atoms with van der Waals surface area (Å²) in [5.74, 6) is 0. The average molecular weight is 284 g/mol. The molecule has 2 saturated heterocycles. The van der Waals surface area contributed by atoms with Gasteiger partial charge in [0.1, 0.15) is 0 Å². The lowest BCUT2D eigenvalue weighted by atomic mass is 9.99. The third kappa shape index (κ3) is 2.12. The van der Waals surface area contributed by atoms with Gasteiger partial charge in [-0.15, -0.1) is 0 Å². The number of hydrogen-bond donors (Lipinski definition) is 1. The lowest BCUT2D eigenvalue weighted by molar-refractivity contribution is 0.165. The van der Waals surface area contributed by atoms with Crippen LogP contribution in [0.4, 0.5) is 0 Å². The predicted molar refractivity (Wildman–Crippen MR) is 83.0 cm³/mol. The molecule has 4 rings (SSSR count). The van der Waals surface area contributed by atoms with E-state index in [4.69, 9.17) is 0 Å². The Morgan fingerprint density at radius 2 is 1.95 bits per heavy atom. The second-order valence-corrected chi connectivity index (χ2v) is 6.29. The fourth-order valence-electron chi connectivity index (χ4n) is 3.92. The maximum absolute atomic E-state index is 12.2. The highest BCUT2D eigenvalue weighted by atomic mass is 16.1. The van der Waals surface area contributed by atoms with Crippen molar-refractivity contribution in [1.29, 1.82) is 0 Å². The van der Waals surface area contributed by atoms with E-state index in [0.29, 0.717) is 18.1 Å². The lowest BCUT2D eigenvalue weighted by Crippen LogP contribution is -2.47. The molecule has 0 aromatic carbocycles. The van der Waals surface area contributed by atoms with Crippen molar-refractivity contribution in [1.82, 2.24) is 14.6 Å². The quantitative estimate of drug-likeness (QED) is 0.909. The van der Waals surface area contributed by atoms with Crippen molar-refractivity contribution in [3.8, 4) is 0 Å². The number of nitrogens with zero attached hydrogens (tertiary/aromatic N) is 3. The first kappa shape index (κ1) is 12.8. The third-order valence-electron chi connectivity index (χ3n) is 5.10. The van der Waals surface area contributed by atoms with Gasteiger partial charge in [0.25, 0.3) is 5.56 Å². The van der Waals surface area contributed by atoms with Crippen LogP contribution in [0.1, 0.15) is 25.7 Å². The van der Waals surface area contributed by atoms with Gasteiger partial charge in [0.15, 0.2) is 0 Å². The Morgan fingerprint density at radius 1 is 1.19 bits per heavy atom. The van der Waals surface area contributed by atoms with Gasteiger partial charge in [0.05, 0.1) is 5.52 Å². The van der Waals surface area contributed by atoms with Crippen molar-refractivity contribution in [2.75, 3.05) is 12.5 Å². The first-order chi connectivity index (χ1) is 10.2. The maximum Gasteiger partial charge on any atom is 0.269 e. The zero-order chi connectivity index (χ0) is 14.4. The standard InChI is InChI=1S/C16H20N4O/c1-19-13-3-4-14(19)9-12(8-13)18-20-15-6-7-17-10-11(15)2-5-16(20)21/h2,5-7,10,12-14,18H,3-4,8-9H2,1H3. The van der Waals surface area contributed by atoms with Crippen molar-refractivity contribution in [2.24, 2.45) is 0 Å². The molecule has 2 fully saturated rings. The summed E-state index contributed by atoms with van der Waals surface area (Å²) in [6.07, 6.45) is 8.33. The van der Waals surface area contributed by atoms with Crippen LogP contribution in [0.25, 0.3) is 10.9 Å². The molecule has 110 valence electrons. The molecular weight excluding hydrogens is 264 g/mol. The predicted octanol–water partition coefficient (Wildman–Crippen LogP) is 1.57. The fourth-order valence-corrected chi connectivity index (χ4v) is 3.92. The minimum Gasteiger partial charge on any atom is -0.319 e. The van der Waals surface area contributed by atoms with E-state index in [2.05, 4.69) is 22.4 Å². The number of aromatic nitrogens is 2. The molecule has 2 aromatic rings. The van der Waals surface area contributed by atoms with Crippen LogP contribution in [0.5, 0.6) is 0 Å². The Hall–Kier alpha value is -1.88. The molecule has 2 bridgehead atoms. The van der Waals surface area contributed by atoms with Gasteiger partial charge in [0.2, 0.25) is 0 Å². The third-order valence-corrected chi connectivity index (χ3v) is 5.10. The molecule has 0 saturated carbocycles. The van der Waals surface area contributed by atoms with E-state index in [1.165, 1.54) is 12.8 Å². The van der Waals surface area contributed by atoms with E-state index in [-0.39, 0.29) is 5.56 Å². The minimum atomic E-state index is -0.0000231. The van der Waals surface area contributed by atoms with Crippen LogP contribution in [0.3, 0.4) is 0 Å². The number of nitrogens with one attached hydrogen (secondary N) is 1. The van der Waals surface area contributed by atoms with Gasteiger partial charge >= 0.3 is 0 Å². The summed E-state index contributed by atoms with van der Waals surface area (Å²) < 4.78 is 1.70. The first-order valence-electron chi connectivity index (χ1n) is 7.66. The van der Waals surface area contributed by atoms with E-state index in [1.807, 2.05) is 12.1 Å². The van der Waals surface area contributed by atoms with Crippen LogP contribution in [-0.4, -0.2) is 39.7 Å². The van der Waals surface area contributed by atoms with Crippen molar-refractivity contribution >= 4 is 10.9 Å². The van der Waals surface area contributed by atoms with E-state index in [0.717, 1.165) is 23.7 Å². The molecule has 21 heavy (non-hydrogen) atoms. The van der Waals surface area contributed by atoms with E-state index >= 15 is 0 Å². The monoisotopic (exact) mass is 284 g/mol. The average Bonchev–Trinajstić information content (AvgIpc) is 2.73. The van der Waals surface area contributed by atoms with Crippen molar-refractivity contribution in [2.45, 2.75) is 43.8 Å². The van der Waals surface area contributed by atoms with E-state index in [9.17, 15) is 4.79 Å². The Morgan fingerprint density at radius 3 is 2.71 bits per heavy atom. The molecule has 2 aliphatic heterocycles. The van der Waals surface area contributed by atoms with Crippen LogP contribution < -0.4 is 11.0 Å². The molecule has 2 unspecified atom stereocenters. The van der Waals surface area contributed by atoms with Gasteiger partial charge in [-0.3, -0.25) is 9.78 Å². The molecule has 2 atom stereocenters. The largest absolute Gasteiger partial charge is 0.319 e. The second kappa shape index (κ2) is 4.84. The maximum atomic E-state index is 12.2. The highest BCUT2D eigenvalue weighted by Gasteiger charge is 2.38. The van der Waals surface area contributed by atoms with Crippen LogP contribution in [-0.2, 0) is 0 Å². The van der Waals surface area contributed by atoms with Gasteiger partial charge in [-0.25, -0.2) is 4.68 Å². The number of pyridine rings is 2. The molecular formula is C16H20N4O.